The van der Waals surface area contributed by atoms with E-state index in [1.165, 1.54) is 11.1 Å². The number of phenols is 1. The molecule has 2 saturated carbocycles. The van der Waals surface area contributed by atoms with Crippen molar-refractivity contribution in [2.45, 2.75) is 57.0 Å². The number of hydrogen-bond acceptors (Lipinski definition) is 4. The fraction of sp³-hybridized carbons (Fsp3) is 0.600. The molecule has 0 aromatic heterocycles. The Labute approximate surface area is 159 Å². The van der Waals surface area contributed by atoms with Crippen molar-refractivity contribution in [3.63, 3.8) is 0 Å². The van der Waals surface area contributed by atoms with Crippen molar-refractivity contribution >= 4 is 10.5 Å². The molecule has 0 heterocycles. The zero-order valence-corrected chi connectivity index (χ0v) is 16.0. The minimum atomic E-state index is -5.17. The van der Waals surface area contributed by atoms with E-state index in [-0.39, 0.29) is 5.41 Å². The van der Waals surface area contributed by atoms with Gasteiger partial charge in [-0.2, -0.15) is 8.42 Å². The number of benzene rings is 1. The zero-order chi connectivity index (χ0) is 20.0. The Morgan fingerprint density at radius 2 is 1.93 bits per heavy atom. The van der Waals surface area contributed by atoms with Crippen molar-refractivity contribution < 1.29 is 27.1 Å². The van der Waals surface area contributed by atoms with E-state index in [0.29, 0.717) is 23.5 Å². The smallest absolute Gasteiger partial charge is 0.435 e. The second-order valence-corrected chi connectivity index (χ2v) is 9.03. The molecule has 0 bridgehead atoms. The summed E-state index contributed by atoms with van der Waals surface area (Å²) >= 11 is 0. The zero-order valence-electron chi connectivity index (χ0n) is 15.2. The number of halogens is 1. The molecule has 3 aliphatic rings. The van der Waals surface area contributed by atoms with Crippen LogP contribution in [0.3, 0.4) is 0 Å². The van der Waals surface area contributed by atoms with Gasteiger partial charge >= 0.3 is 10.5 Å². The number of terminal acetylenes is 1. The SMILES string of the molecule is C#C[C@]1(O)CC[C@H]2[C@@H]3CCc4cc(O)ccc4[C@H]3CCC21C.O=S(=O)(O)F. The van der Waals surface area contributed by atoms with Gasteiger partial charge in [0, 0.05) is 5.41 Å². The minimum Gasteiger partial charge on any atom is -0.508 e. The molecule has 0 aliphatic heterocycles. The van der Waals surface area contributed by atoms with Gasteiger partial charge in [-0.25, -0.2) is 0 Å². The van der Waals surface area contributed by atoms with E-state index >= 15 is 0 Å². The highest BCUT2D eigenvalue weighted by atomic mass is 32.3. The summed E-state index contributed by atoms with van der Waals surface area (Å²) in [7, 11) is -5.17. The van der Waals surface area contributed by atoms with Crippen LogP contribution in [0.4, 0.5) is 3.89 Å². The number of hydrogen-bond donors (Lipinski definition) is 3. The van der Waals surface area contributed by atoms with Crippen molar-refractivity contribution in [3.8, 4) is 18.1 Å². The van der Waals surface area contributed by atoms with E-state index in [2.05, 4.69) is 18.9 Å². The molecule has 1 aromatic rings. The van der Waals surface area contributed by atoms with Gasteiger partial charge in [0.05, 0.1) is 0 Å². The molecule has 7 heteroatoms. The van der Waals surface area contributed by atoms with Crippen molar-refractivity contribution in [2.75, 3.05) is 0 Å². The minimum absolute atomic E-state index is 0.128. The van der Waals surface area contributed by atoms with E-state index in [4.69, 9.17) is 19.4 Å². The van der Waals surface area contributed by atoms with E-state index < -0.39 is 16.1 Å². The van der Waals surface area contributed by atoms with Crippen molar-refractivity contribution in [3.05, 3.63) is 29.3 Å². The number of aryl methyl sites for hydroxylation is 1. The molecule has 0 saturated heterocycles. The van der Waals surface area contributed by atoms with Gasteiger partial charge in [0.15, 0.2) is 0 Å². The molecule has 2 fully saturated rings. The molecule has 0 spiro atoms. The van der Waals surface area contributed by atoms with Gasteiger partial charge in [0.25, 0.3) is 0 Å². The molecule has 5 nitrogen and oxygen atoms in total. The molecule has 3 N–H and O–H groups in total. The second kappa shape index (κ2) is 6.77. The van der Waals surface area contributed by atoms with E-state index in [1.54, 1.807) is 0 Å². The normalized spacial score (nSPS) is 37.1. The number of phenolic OH excluding ortho intramolecular Hbond substituents is 1. The topological polar surface area (TPSA) is 94.8 Å². The van der Waals surface area contributed by atoms with Crippen LogP contribution in [0.2, 0.25) is 0 Å². The summed E-state index contributed by atoms with van der Waals surface area (Å²) in [6, 6.07) is 5.87. The lowest BCUT2D eigenvalue weighted by Crippen LogP contribution is -2.50. The number of fused-ring (bicyclic) bond motifs is 5. The first-order chi connectivity index (χ1) is 12.5. The summed E-state index contributed by atoms with van der Waals surface area (Å²) in [6.45, 7) is 2.22. The van der Waals surface area contributed by atoms with Crippen LogP contribution in [0, 0.1) is 29.6 Å². The summed E-state index contributed by atoms with van der Waals surface area (Å²) in [4.78, 5) is 0. The predicted molar refractivity (Wildman–Crippen MR) is 99.2 cm³/mol. The first kappa shape index (κ1) is 20.1. The van der Waals surface area contributed by atoms with Crippen LogP contribution in [-0.4, -0.2) is 28.8 Å². The molecule has 148 valence electrons. The Morgan fingerprint density at radius 3 is 2.56 bits per heavy atom. The predicted octanol–water partition coefficient (Wildman–Crippen LogP) is 3.37. The number of aliphatic hydroxyl groups is 1. The lowest BCUT2D eigenvalue weighted by Gasteiger charge is -2.52. The van der Waals surface area contributed by atoms with E-state index in [0.717, 1.165) is 38.5 Å². The number of aromatic hydroxyl groups is 1. The summed E-state index contributed by atoms with van der Waals surface area (Å²) in [5, 5.41) is 20.6. The second-order valence-electron chi connectivity index (χ2n) is 8.21. The third kappa shape index (κ3) is 3.58. The summed E-state index contributed by atoms with van der Waals surface area (Å²) < 4.78 is 34.1. The maximum Gasteiger partial charge on any atom is 0.435 e. The Bertz CT molecular complexity index is 869. The summed E-state index contributed by atoms with van der Waals surface area (Å²) in [6.07, 6.45) is 11.8. The molecule has 0 radical (unpaired) electrons. The molecule has 4 rings (SSSR count). The van der Waals surface area contributed by atoms with Gasteiger partial charge in [-0.15, -0.1) is 6.42 Å². The number of rotatable bonds is 0. The average molecular weight is 396 g/mol. The maximum absolute atomic E-state index is 10.9. The lowest BCUT2D eigenvalue weighted by atomic mass is 9.53. The largest absolute Gasteiger partial charge is 0.508 e. The fourth-order valence-corrected chi connectivity index (χ4v) is 5.82. The molecule has 0 amide bonds. The van der Waals surface area contributed by atoms with Gasteiger partial charge in [-0.05, 0) is 79.5 Å². The first-order valence-electron chi connectivity index (χ1n) is 9.17. The van der Waals surface area contributed by atoms with Crippen LogP contribution in [0.25, 0.3) is 0 Å². The maximum atomic E-state index is 10.9. The molecule has 27 heavy (non-hydrogen) atoms. The summed E-state index contributed by atoms with van der Waals surface area (Å²) in [5.41, 5.74) is 1.69. The standard InChI is InChI=1S/C20H24O2.FHO3S/c1-3-20(22)11-9-18-17-6-4-13-12-14(21)5-7-15(13)16(17)8-10-19(18,20)2;1-5(2,3)4/h1,5,7,12,16-18,21-22H,4,6,8-11H2,2H3;(H,2,3,4)/t16-,17-,18+,19?,20+;/m1./s1. The van der Waals surface area contributed by atoms with E-state index in [9.17, 15) is 14.1 Å². The van der Waals surface area contributed by atoms with Crippen molar-refractivity contribution in [1.29, 1.82) is 0 Å². The Balaban J connectivity index is 0.000000376. The van der Waals surface area contributed by atoms with E-state index in [1.807, 2.05) is 12.1 Å². The average Bonchev–Trinajstić information content (AvgIpc) is 2.85. The summed E-state index contributed by atoms with van der Waals surface area (Å²) in [5.74, 6) is 4.82. The molecule has 5 atom stereocenters. The van der Waals surface area contributed by atoms with Crippen LogP contribution in [-0.2, 0) is 16.9 Å². The van der Waals surface area contributed by atoms with Crippen molar-refractivity contribution in [1.82, 2.24) is 0 Å². The van der Waals surface area contributed by atoms with Crippen LogP contribution >= 0.6 is 0 Å². The Morgan fingerprint density at radius 1 is 1.26 bits per heavy atom. The van der Waals surface area contributed by atoms with Crippen molar-refractivity contribution in [2.24, 2.45) is 17.3 Å². The first-order valence-corrected chi connectivity index (χ1v) is 10.5. The van der Waals surface area contributed by atoms with Gasteiger partial charge in [-0.1, -0.05) is 22.8 Å². The molecule has 1 aromatic carbocycles. The Hall–Kier alpha value is -1.62. The fourth-order valence-electron chi connectivity index (χ4n) is 5.82. The highest BCUT2D eigenvalue weighted by Crippen LogP contribution is 2.64. The van der Waals surface area contributed by atoms with Gasteiger partial charge in [-0.3, -0.25) is 4.55 Å². The quantitative estimate of drug-likeness (QED) is 0.355. The molecule has 1 unspecified atom stereocenters. The monoisotopic (exact) mass is 396 g/mol. The molecule has 3 aliphatic carbocycles. The van der Waals surface area contributed by atoms with Gasteiger partial charge < -0.3 is 10.2 Å². The van der Waals surface area contributed by atoms with Crippen LogP contribution in [0.1, 0.15) is 56.1 Å². The van der Waals surface area contributed by atoms with Gasteiger partial charge in [0.2, 0.25) is 0 Å². The highest BCUT2D eigenvalue weighted by molar-refractivity contribution is 7.80. The van der Waals surface area contributed by atoms with Crippen LogP contribution in [0.15, 0.2) is 18.2 Å². The Kier molecular flexibility index (Phi) is 5.04. The van der Waals surface area contributed by atoms with Crippen LogP contribution in [0.5, 0.6) is 5.75 Å². The van der Waals surface area contributed by atoms with Gasteiger partial charge in [0.1, 0.15) is 11.4 Å². The highest BCUT2D eigenvalue weighted by Gasteiger charge is 2.61. The molecular formula is C20H25FO5S. The lowest BCUT2D eigenvalue weighted by molar-refractivity contribution is -0.0646. The third-order valence-electron chi connectivity index (χ3n) is 7.10. The van der Waals surface area contributed by atoms with Crippen LogP contribution < -0.4 is 0 Å². The third-order valence-corrected chi connectivity index (χ3v) is 7.10. The molecular weight excluding hydrogens is 371 g/mol.